The van der Waals surface area contributed by atoms with E-state index in [2.05, 4.69) is 14.9 Å². The number of ether oxygens (including phenoxy) is 1. The molecular formula is C21H24N4O4S2. The van der Waals surface area contributed by atoms with Gasteiger partial charge in [-0.1, -0.05) is 6.07 Å². The highest BCUT2D eigenvalue weighted by molar-refractivity contribution is 7.20. The summed E-state index contributed by atoms with van der Waals surface area (Å²) < 4.78 is 5.10. The predicted molar refractivity (Wildman–Crippen MR) is 121 cm³/mol. The van der Waals surface area contributed by atoms with Crippen molar-refractivity contribution in [3.05, 3.63) is 49.0 Å². The second-order valence-corrected chi connectivity index (χ2v) is 9.34. The van der Waals surface area contributed by atoms with Crippen molar-refractivity contribution in [2.24, 2.45) is 0 Å². The van der Waals surface area contributed by atoms with Gasteiger partial charge < -0.3 is 14.6 Å². The van der Waals surface area contributed by atoms with Gasteiger partial charge in [-0.3, -0.25) is 14.5 Å². The summed E-state index contributed by atoms with van der Waals surface area (Å²) in [6.07, 6.45) is 0. The predicted octanol–water partition coefficient (Wildman–Crippen LogP) is 3.05. The summed E-state index contributed by atoms with van der Waals surface area (Å²) in [5, 5.41) is 2.35. The molecule has 4 rings (SSSR count). The van der Waals surface area contributed by atoms with Gasteiger partial charge in [0.05, 0.1) is 22.9 Å². The summed E-state index contributed by atoms with van der Waals surface area (Å²) >= 11 is 2.64. The molecule has 0 aliphatic carbocycles. The number of hydrogen-bond acceptors (Lipinski definition) is 8. The number of hydrogen-bond donors (Lipinski definition) is 1. The van der Waals surface area contributed by atoms with Crippen LogP contribution < -0.4 is 5.56 Å². The average Bonchev–Trinajstić information content (AvgIpc) is 3.41. The third kappa shape index (κ3) is 4.15. The first-order chi connectivity index (χ1) is 14.9. The summed E-state index contributed by atoms with van der Waals surface area (Å²) in [6, 6.07) is 3.61. The number of piperazine rings is 1. The van der Waals surface area contributed by atoms with Crippen LogP contribution in [0, 0.1) is 6.92 Å². The molecule has 0 bridgehead atoms. The number of carbonyl (C=O) groups is 2. The lowest BCUT2D eigenvalue weighted by molar-refractivity contribution is 0.0530. The van der Waals surface area contributed by atoms with E-state index in [0.717, 1.165) is 4.88 Å². The third-order valence-electron chi connectivity index (χ3n) is 5.56. The van der Waals surface area contributed by atoms with E-state index >= 15 is 0 Å². The van der Waals surface area contributed by atoms with Crippen molar-refractivity contribution in [2.45, 2.75) is 26.8 Å². The maximum atomic E-state index is 12.8. The van der Waals surface area contributed by atoms with Crippen LogP contribution in [-0.4, -0.2) is 64.4 Å². The normalized spacial score (nSPS) is 15.9. The standard InChI is InChI=1S/C21H24N4O4S2/c1-4-29-21(28)16-12(2)15-18(26)22-17(23-19(15)31-16)13(3)24-7-9-25(10-8-24)20(27)14-6-5-11-30-14/h5-6,11,13H,4,7-10H2,1-3H3,(H,22,23,26). The number of rotatable bonds is 5. The van der Waals surface area contributed by atoms with E-state index in [-0.39, 0.29) is 24.1 Å². The second kappa shape index (κ2) is 8.89. The Bertz CT molecular complexity index is 1160. The monoisotopic (exact) mass is 460 g/mol. The fraction of sp³-hybridized carbons (Fsp3) is 0.429. The second-order valence-electron chi connectivity index (χ2n) is 7.39. The molecule has 0 aromatic carbocycles. The van der Waals surface area contributed by atoms with E-state index in [1.165, 1.54) is 22.7 Å². The van der Waals surface area contributed by atoms with Crippen LogP contribution >= 0.6 is 22.7 Å². The summed E-state index contributed by atoms with van der Waals surface area (Å²) in [7, 11) is 0. The molecular weight excluding hydrogens is 436 g/mol. The van der Waals surface area contributed by atoms with Gasteiger partial charge in [0.1, 0.15) is 15.5 Å². The number of aromatic amines is 1. The number of esters is 1. The first-order valence-corrected chi connectivity index (χ1v) is 11.9. The van der Waals surface area contributed by atoms with Crippen LogP contribution in [-0.2, 0) is 4.74 Å². The Morgan fingerprint density at radius 1 is 1.29 bits per heavy atom. The first kappa shape index (κ1) is 21.7. The van der Waals surface area contributed by atoms with E-state index in [4.69, 9.17) is 4.74 Å². The Morgan fingerprint density at radius 2 is 2.03 bits per heavy atom. The molecule has 10 heteroatoms. The van der Waals surface area contributed by atoms with E-state index in [9.17, 15) is 14.4 Å². The number of H-pyrrole nitrogens is 1. The maximum absolute atomic E-state index is 12.8. The molecule has 1 N–H and O–H groups in total. The molecule has 1 saturated heterocycles. The number of carbonyl (C=O) groups excluding carboxylic acids is 2. The summed E-state index contributed by atoms with van der Waals surface area (Å²) in [6.45, 7) is 8.40. The van der Waals surface area contributed by atoms with Crippen LogP contribution in [0.2, 0.25) is 0 Å². The molecule has 8 nitrogen and oxygen atoms in total. The van der Waals surface area contributed by atoms with Gasteiger partial charge >= 0.3 is 5.97 Å². The van der Waals surface area contributed by atoms with Crippen molar-refractivity contribution in [3.63, 3.8) is 0 Å². The first-order valence-electron chi connectivity index (χ1n) is 10.2. The lowest BCUT2D eigenvalue weighted by atomic mass is 10.2. The lowest BCUT2D eigenvalue weighted by Gasteiger charge is -2.37. The number of thiophene rings is 2. The molecule has 1 fully saturated rings. The van der Waals surface area contributed by atoms with Gasteiger partial charge in [-0.25, -0.2) is 9.78 Å². The zero-order chi connectivity index (χ0) is 22.1. The number of amides is 1. The highest BCUT2D eigenvalue weighted by Crippen LogP contribution is 2.29. The number of aromatic nitrogens is 2. The van der Waals surface area contributed by atoms with Gasteiger partial charge in [0, 0.05) is 26.2 Å². The summed E-state index contributed by atoms with van der Waals surface area (Å²) in [4.78, 5) is 50.8. The van der Waals surface area contributed by atoms with Crippen LogP contribution in [0.15, 0.2) is 22.3 Å². The molecule has 0 spiro atoms. The largest absolute Gasteiger partial charge is 0.462 e. The van der Waals surface area contributed by atoms with Crippen molar-refractivity contribution >= 4 is 44.8 Å². The van der Waals surface area contributed by atoms with Gasteiger partial charge in [0.15, 0.2) is 0 Å². The molecule has 3 aromatic rings. The Labute approximate surface area is 187 Å². The quantitative estimate of drug-likeness (QED) is 0.588. The Balaban J connectivity index is 1.52. The molecule has 1 amide bonds. The SMILES string of the molecule is CCOC(=O)c1sc2nc(C(C)N3CCN(C(=O)c4cccs4)CC3)[nH]c(=O)c2c1C. The molecule has 0 saturated carbocycles. The molecule has 31 heavy (non-hydrogen) atoms. The zero-order valence-corrected chi connectivity index (χ0v) is 19.3. The highest BCUT2D eigenvalue weighted by atomic mass is 32.1. The fourth-order valence-corrected chi connectivity index (χ4v) is 5.56. The van der Waals surface area contributed by atoms with Crippen molar-refractivity contribution in [1.29, 1.82) is 0 Å². The number of nitrogens with zero attached hydrogens (tertiary/aromatic N) is 3. The summed E-state index contributed by atoms with van der Waals surface area (Å²) in [5.74, 6) is 0.200. The van der Waals surface area contributed by atoms with Crippen molar-refractivity contribution < 1.29 is 14.3 Å². The van der Waals surface area contributed by atoms with Gasteiger partial charge in [-0.2, -0.15) is 0 Å². The van der Waals surface area contributed by atoms with E-state index in [1.807, 2.05) is 29.3 Å². The number of nitrogens with one attached hydrogen (secondary N) is 1. The highest BCUT2D eigenvalue weighted by Gasteiger charge is 2.28. The average molecular weight is 461 g/mol. The van der Waals surface area contributed by atoms with Crippen LogP contribution in [0.4, 0.5) is 0 Å². The maximum Gasteiger partial charge on any atom is 0.348 e. The van der Waals surface area contributed by atoms with Gasteiger partial charge in [-0.15, -0.1) is 22.7 Å². The van der Waals surface area contributed by atoms with Gasteiger partial charge in [-0.05, 0) is 37.8 Å². The van der Waals surface area contributed by atoms with E-state index in [0.29, 0.717) is 52.7 Å². The van der Waals surface area contributed by atoms with Crippen LogP contribution in [0.25, 0.3) is 10.2 Å². The van der Waals surface area contributed by atoms with E-state index < -0.39 is 5.97 Å². The lowest BCUT2D eigenvalue weighted by Crippen LogP contribution is -2.49. The van der Waals surface area contributed by atoms with E-state index in [1.54, 1.807) is 13.8 Å². The molecule has 0 radical (unpaired) electrons. The minimum absolute atomic E-state index is 0.0656. The fourth-order valence-electron chi connectivity index (χ4n) is 3.79. The molecule has 4 heterocycles. The summed E-state index contributed by atoms with van der Waals surface area (Å²) in [5.41, 5.74) is 0.356. The molecule has 3 aromatic heterocycles. The van der Waals surface area contributed by atoms with Crippen LogP contribution in [0.1, 0.15) is 50.6 Å². The zero-order valence-electron chi connectivity index (χ0n) is 17.6. The Morgan fingerprint density at radius 3 is 2.68 bits per heavy atom. The smallest absolute Gasteiger partial charge is 0.348 e. The number of aryl methyl sites for hydroxylation is 1. The molecule has 1 aliphatic heterocycles. The Kier molecular flexibility index (Phi) is 6.22. The van der Waals surface area contributed by atoms with Gasteiger partial charge in [0.2, 0.25) is 0 Å². The minimum Gasteiger partial charge on any atom is -0.462 e. The van der Waals surface area contributed by atoms with Crippen molar-refractivity contribution in [3.8, 4) is 0 Å². The molecule has 164 valence electrons. The third-order valence-corrected chi connectivity index (χ3v) is 7.58. The minimum atomic E-state index is -0.427. The van der Waals surface area contributed by atoms with Crippen molar-refractivity contribution in [1.82, 2.24) is 19.8 Å². The molecule has 1 atom stereocenters. The van der Waals surface area contributed by atoms with Gasteiger partial charge in [0.25, 0.3) is 11.5 Å². The number of fused-ring (bicyclic) bond motifs is 1. The molecule has 1 aliphatic rings. The van der Waals surface area contributed by atoms with Crippen LogP contribution in [0.3, 0.4) is 0 Å². The van der Waals surface area contributed by atoms with Crippen molar-refractivity contribution in [2.75, 3.05) is 32.8 Å². The Hall–Kier alpha value is -2.56. The topological polar surface area (TPSA) is 95.6 Å². The molecule has 1 unspecified atom stereocenters. The van der Waals surface area contributed by atoms with Crippen LogP contribution in [0.5, 0.6) is 0 Å².